The summed E-state index contributed by atoms with van der Waals surface area (Å²) < 4.78 is 12.4. The van der Waals surface area contributed by atoms with Gasteiger partial charge in [0.15, 0.2) is 16.7 Å². The van der Waals surface area contributed by atoms with Gasteiger partial charge in [0.1, 0.15) is 6.61 Å². The maximum atomic E-state index is 12.5. The molecular formula is C25H19BrCl2N2O3S. The molecule has 1 N–H and O–H groups in total. The second-order valence-corrected chi connectivity index (χ2v) is 10.1. The van der Waals surface area contributed by atoms with Crippen LogP contribution in [-0.4, -0.2) is 18.2 Å². The molecule has 1 saturated heterocycles. The fourth-order valence-electron chi connectivity index (χ4n) is 3.16. The average Bonchev–Trinajstić information content (AvgIpc) is 3.15. The van der Waals surface area contributed by atoms with Gasteiger partial charge in [-0.2, -0.15) is 0 Å². The van der Waals surface area contributed by atoms with E-state index in [0.717, 1.165) is 15.6 Å². The van der Waals surface area contributed by atoms with Crippen LogP contribution in [0.2, 0.25) is 10.0 Å². The van der Waals surface area contributed by atoms with Crippen molar-refractivity contribution in [2.24, 2.45) is 4.99 Å². The van der Waals surface area contributed by atoms with E-state index in [1.807, 2.05) is 43.3 Å². The molecule has 34 heavy (non-hydrogen) atoms. The Labute approximate surface area is 220 Å². The second-order valence-electron chi connectivity index (χ2n) is 7.31. The quantitative estimate of drug-likeness (QED) is 0.307. The molecule has 0 radical (unpaired) electrons. The summed E-state index contributed by atoms with van der Waals surface area (Å²) in [5, 5.41) is 4.27. The zero-order chi connectivity index (χ0) is 24.2. The van der Waals surface area contributed by atoms with Crippen molar-refractivity contribution >= 4 is 73.7 Å². The van der Waals surface area contributed by atoms with Crippen LogP contribution in [0.25, 0.3) is 6.08 Å². The third-order valence-electron chi connectivity index (χ3n) is 4.96. The first-order valence-corrected chi connectivity index (χ1v) is 12.5. The SMILES string of the molecule is COc1cc(/C=C2/SC(=Nc3cccc(Cl)c3C)NC2=O)cc(Cl)c1OCc1ccc(Br)cc1. The second kappa shape index (κ2) is 10.9. The topological polar surface area (TPSA) is 59.9 Å². The van der Waals surface area contributed by atoms with Crippen molar-refractivity contribution < 1.29 is 14.3 Å². The molecule has 0 atom stereocenters. The first-order valence-electron chi connectivity index (χ1n) is 10.1. The van der Waals surface area contributed by atoms with Crippen LogP contribution in [0.3, 0.4) is 0 Å². The molecule has 9 heteroatoms. The van der Waals surface area contributed by atoms with E-state index < -0.39 is 0 Å². The number of rotatable bonds is 6. The van der Waals surface area contributed by atoms with Gasteiger partial charge in [0.05, 0.1) is 22.7 Å². The van der Waals surface area contributed by atoms with Crippen LogP contribution < -0.4 is 14.8 Å². The summed E-state index contributed by atoms with van der Waals surface area (Å²) in [4.78, 5) is 17.5. The third-order valence-corrected chi connectivity index (χ3v) is 7.09. The first-order chi connectivity index (χ1) is 16.3. The molecule has 0 aromatic heterocycles. The van der Waals surface area contributed by atoms with Crippen LogP contribution in [0.5, 0.6) is 11.5 Å². The number of amides is 1. The molecule has 4 rings (SSSR count). The Bertz CT molecular complexity index is 1310. The van der Waals surface area contributed by atoms with Crippen LogP contribution >= 0.6 is 50.9 Å². The molecule has 0 aliphatic carbocycles. The molecule has 0 spiro atoms. The number of amidine groups is 1. The predicted molar refractivity (Wildman–Crippen MR) is 143 cm³/mol. The monoisotopic (exact) mass is 576 g/mol. The van der Waals surface area contributed by atoms with Gasteiger partial charge in [0.25, 0.3) is 5.91 Å². The number of hydrogen-bond donors (Lipinski definition) is 1. The lowest BCUT2D eigenvalue weighted by Gasteiger charge is -2.13. The Morgan fingerprint density at radius 1 is 1.12 bits per heavy atom. The van der Waals surface area contributed by atoms with E-state index in [-0.39, 0.29) is 5.91 Å². The maximum absolute atomic E-state index is 12.5. The van der Waals surface area contributed by atoms with Crippen molar-refractivity contribution in [1.82, 2.24) is 5.32 Å². The van der Waals surface area contributed by atoms with Crippen molar-refractivity contribution in [1.29, 1.82) is 0 Å². The lowest BCUT2D eigenvalue weighted by Crippen LogP contribution is -2.19. The van der Waals surface area contributed by atoms with Gasteiger partial charge in [-0.1, -0.05) is 57.3 Å². The van der Waals surface area contributed by atoms with Gasteiger partial charge in [0, 0.05) is 9.50 Å². The molecule has 3 aromatic rings. The number of hydrogen-bond acceptors (Lipinski definition) is 5. The standard InChI is InChI=1S/C25H19BrCl2N2O3S/c1-14-18(27)4-3-5-20(14)29-25-30-24(31)22(34-25)12-16-10-19(28)23(21(11-16)32-2)33-13-15-6-8-17(26)9-7-15/h3-12H,13H2,1-2H3,(H,29,30,31)/b22-12+. The number of aliphatic imine (C=N–C) groups is 1. The Kier molecular flexibility index (Phi) is 7.88. The maximum Gasteiger partial charge on any atom is 0.264 e. The van der Waals surface area contributed by atoms with Gasteiger partial charge in [-0.05, 0) is 77.9 Å². The third kappa shape index (κ3) is 5.78. The average molecular weight is 578 g/mol. The van der Waals surface area contributed by atoms with Gasteiger partial charge in [0.2, 0.25) is 0 Å². The molecule has 0 saturated carbocycles. The smallest absolute Gasteiger partial charge is 0.264 e. The molecule has 1 fully saturated rings. The fraction of sp³-hybridized carbons (Fsp3) is 0.120. The number of methoxy groups -OCH3 is 1. The summed E-state index contributed by atoms with van der Waals surface area (Å²) in [7, 11) is 1.55. The Hall–Kier alpha value is -2.45. The van der Waals surface area contributed by atoms with Gasteiger partial charge in [-0.15, -0.1) is 0 Å². The molecule has 0 bridgehead atoms. The van der Waals surface area contributed by atoms with E-state index in [1.165, 1.54) is 11.8 Å². The minimum atomic E-state index is -0.242. The molecule has 0 unspecified atom stereocenters. The van der Waals surface area contributed by atoms with E-state index in [1.54, 1.807) is 31.4 Å². The van der Waals surface area contributed by atoms with E-state index in [9.17, 15) is 4.79 Å². The van der Waals surface area contributed by atoms with Crippen LogP contribution in [-0.2, 0) is 11.4 Å². The molecular weight excluding hydrogens is 559 g/mol. The Balaban J connectivity index is 1.54. The lowest BCUT2D eigenvalue weighted by molar-refractivity contribution is -0.115. The minimum absolute atomic E-state index is 0.242. The van der Waals surface area contributed by atoms with Crippen molar-refractivity contribution in [3.8, 4) is 11.5 Å². The molecule has 5 nitrogen and oxygen atoms in total. The lowest BCUT2D eigenvalue weighted by atomic mass is 10.1. The van der Waals surface area contributed by atoms with Crippen molar-refractivity contribution in [2.75, 3.05) is 7.11 Å². The van der Waals surface area contributed by atoms with Crippen molar-refractivity contribution in [3.63, 3.8) is 0 Å². The minimum Gasteiger partial charge on any atom is -0.493 e. The summed E-state index contributed by atoms with van der Waals surface area (Å²) in [5.74, 6) is 0.675. The number of carbonyl (C=O) groups excluding carboxylic acids is 1. The Morgan fingerprint density at radius 3 is 2.62 bits per heavy atom. The summed E-state index contributed by atoms with van der Waals surface area (Å²) in [5.41, 5.74) is 3.25. The number of ether oxygens (including phenoxy) is 2. The van der Waals surface area contributed by atoms with E-state index >= 15 is 0 Å². The van der Waals surface area contributed by atoms with Crippen LogP contribution in [0.1, 0.15) is 16.7 Å². The van der Waals surface area contributed by atoms with Gasteiger partial charge < -0.3 is 14.8 Å². The molecule has 1 amide bonds. The van der Waals surface area contributed by atoms with Gasteiger partial charge in [-0.25, -0.2) is 4.99 Å². The molecule has 174 valence electrons. The zero-order valence-electron chi connectivity index (χ0n) is 18.2. The summed E-state index contributed by atoms with van der Waals surface area (Å²) in [6.45, 7) is 2.22. The first kappa shape index (κ1) is 24.7. The van der Waals surface area contributed by atoms with Crippen molar-refractivity contribution in [2.45, 2.75) is 13.5 Å². The fourth-order valence-corrected chi connectivity index (χ4v) is 4.70. The summed E-state index contributed by atoms with van der Waals surface area (Å²) >= 11 is 17.3. The number of benzene rings is 3. The van der Waals surface area contributed by atoms with Crippen LogP contribution in [0, 0.1) is 6.92 Å². The summed E-state index contributed by atoms with van der Waals surface area (Å²) in [6, 6.07) is 16.8. The number of nitrogens with one attached hydrogen (secondary N) is 1. The van der Waals surface area contributed by atoms with Gasteiger partial charge in [-0.3, -0.25) is 4.79 Å². The highest BCUT2D eigenvalue weighted by atomic mass is 79.9. The normalized spacial score (nSPS) is 15.6. The number of halogens is 3. The number of thioether (sulfide) groups is 1. The zero-order valence-corrected chi connectivity index (χ0v) is 22.1. The number of carbonyl (C=O) groups is 1. The van der Waals surface area contributed by atoms with Gasteiger partial charge >= 0.3 is 0 Å². The van der Waals surface area contributed by atoms with E-state index in [4.69, 9.17) is 32.7 Å². The Morgan fingerprint density at radius 2 is 1.88 bits per heavy atom. The van der Waals surface area contributed by atoms with Crippen LogP contribution in [0.15, 0.2) is 69.0 Å². The summed E-state index contributed by atoms with van der Waals surface area (Å²) in [6.07, 6.45) is 1.74. The highest BCUT2D eigenvalue weighted by Crippen LogP contribution is 2.39. The largest absolute Gasteiger partial charge is 0.493 e. The highest BCUT2D eigenvalue weighted by Gasteiger charge is 2.24. The highest BCUT2D eigenvalue weighted by molar-refractivity contribution is 9.10. The number of nitrogens with zero attached hydrogens (tertiary/aromatic N) is 1. The molecule has 1 aliphatic heterocycles. The van der Waals surface area contributed by atoms with Crippen molar-refractivity contribution in [3.05, 3.63) is 90.7 Å². The molecule has 1 heterocycles. The van der Waals surface area contributed by atoms with Crippen LogP contribution in [0.4, 0.5) is 5.69 Å². The van der Waals surface area contributed by atoms with E-state index in [2.05, 4.69) is 26.2 Å². The molecule has 3 aromatic carbocycles. The predicted octanol–water partition coefficient (Wildman–Crippen LogP) is 7.54. The molecule has 1 aliphatic rings. The van der Waals surface area contributed by atoms with E-state index in [0.29, 0.717) is 49.5 Å².